The highest BCUT2D eigenvalue weighted by molar-refractivity contribution is 5.85. The third kappa shape index (κ3) is 4.90. The van der Waals surface area contributed by atoms with E-state index in [-0.39, 0.29) is 31.0 Å². The molecule has 5 heteroatoms. The van der Waals surface area contributed by atoms with Gasteiger partial charge in [-0.1, -0.05) is 26.0 Å². The van der Waals surface area contributed by atoms with E-state index < -0.39 is 0 Å². The molecule has 1 N–H and O–H groups in total. The van der Waals surface area contributed by atoms with Crippen molar-refractivity contribution in [2.24, 2.45) is 0 Å². The SMILES string of the molecule is CC(C)c1cccc(OCC(=O)N2CCNC[C@@H]2C)c1.Cl. The summed E-state index contributed by atoms with van der Waals surface area (Å²) in [6.07, 6.45) is 0. The lowest BCUT2D eigenvalue weighted by atomic mass is 10.0. The van der Waals surface area contributed by atoms with Gasteiger partial charge in [-0.05, 0) is 30.5 Å². The Morgan fingerprint density at radius 3 is 2.90 bits per heavy atom. The second-order valence-corrected chi connectivity index (χ2v) is 5.66. The zero-order valence-corrected chi connectivity index (χ0v) is 13.8. The van der Waals surface area contributed by atoms with Crippen molar-refractivity contribution < 1.29 is 9.53 Å². The second kappa shape index (κ2) is 8.25. The van der Waals surface area contributed by atoms with Crippen molar-refractivity contribution in [2.75, 3.05) is 26.2 Å². The number of ether oxygens (including phenoxy) is 1. The maximum absolute atomic E-state index is 12.2. The molecule has 2 rings (SSSR count). The molecule has 1 aliphatic heterocycles. The molecule has 0 saturated carbocycles. The van der Waals surface area contributed by atoms with Crippen LogP contribution < -0.4 is 10.1 Å². The first-order chi connectivity index (χ1) is 9.58. The van der Waals surface area contributed by atoms with E-state index in [0.29, 0.717) is 5.92 Å². The summed E-state index contributed by atoms with van der Waals surface area (Å²) >= 11 is 0. The molecule has 1 aromatic rings. The molecule has 1 aliphatic rings. The van der Waals surface area contributed by atoms with E-state index in [9.17, 15) is 4.79 Å². The molecule has 0 aromatic heterocycles. The van der Waals surface area contributed by atoms with Crippen molar-refractivity contribution in [1.82, 2.24) is 10.2 Å². The summed E-state index contributed by atoms with van der Waals surface area (Å²) in [5.74, 6) is 1.30. The van der Waals surface area contributed by atoms with E-state index in [1.165, 1.54) is 5.56 Å². The number of piperazine rings is 1. The van der Waals surface area contributed by atoms with Crippen LogP contribution in [0.5, 0.6) is 5.75 Å². The van der Waals surface area contributed by atoms with Crippen LogP contribution in [0.25, 0.3) is 0 Å². The molecule has 1 atom stereocenters. The van der Waals surface area contributed by atoms with Gasteiger partial charge in [-0.2, -0.15) is 0 Å². The van der Waals surface area contributed by atoms with Crippen molar-refractivity contribution in [3.63, 3.8) is 0 Å². The number of benzene rings is 1. The van der Waals surface area contributed by atoms with Gasteiger partial charge in [0.25, 0.3) is 5.91 Å². The number of amides is 1. The molecule has 1 amide bonds. The Hall–Kier alpha value is -1.26. The van der Waals surface area contributed by atoms with E-state index in [1.807, 2.05) is 23.1 Å². The normalized spacial score (nSPS) is 18.3. The zero-order valence-electron chi connectivity index (χ0n) is 13.0. The van der Waals surface area contributed by atoms with Crippen molar-refractivity contribution in [1.29, 1.82) is 0 Å². The van der Waals surface area contributed by atoms with Gasteiger partial charge in [-0.15, -0.1) is 12.4 Å². The van der Waals surface area contributed by atoms with Crippen LogP contribution in [0.4, 0.5) is 0 Å². The van der Waals surface area contributed by atoms with Gasteiger partial charge in [0.05, 0.1) is 0 Å². The molecule has 4 nitrogen and oxygen atoms in total. The fourth-order valence-electron chi connectivity index (χ4n) is 2.40. The number of carbonyl (C=O) groups is 1. The maximum Gasteiger partial charge on any atom is 0.260 e. The molecular weight excluding hydrogens is 288 g/mol. The average Bonchev–Trinajstić information content (AvgIpc) is 2.45. The zero-order chi connectivity index (χ0) is 14.5. The Labute approximate surface area is 133 Å². The van der Waals surface area contributed by atoms with E-state index >= 15 is 0 Å². The Morgan fingerprint density at radius 1 is 1.48 bits per heavy atom. The largest absolute Gasteiger partial charge is 0.484 e. The van der Waals surface area contributed by atoms with Gasteiger partial charge < -0.3 is 15.0 Å². The number of nitrogens with one attached hydrogen (secondary N) is 1. The number of hydrogen-bond donors (Lipinski definition) is 1. The standard InChI is InChI=1S/C16H24N2O2.ClH/c1-12(2)14-5-4-6-15(9-14)20-11-16(19)18-8-7-17-10-13(18)3;/h4-6,9,12-13,17H,7-8,10-11H2,1-3H3;1H/t13-;/m0./s1. The summed E-state index contributed by atoms with van der Waals surface area (Å²) < 4.78 is 5.65. The highest BCUT2D eigenvalue weighted by Gasteiger charge is 2.23. The third-order valence-electron chi connectivity index (χ3n) is 3.71. The molecule has 21 heavy (non-hydrogen) atoms. The summed E-state index contributed by atoms with van der Waals surface area (Å²) in [5.41, 5.74) is 1.23. The third-order valence-corrected chi connectivity index (χ3v) is 3.71. The van der Waals surface area contributed by atoms with Gasteiger partial charge in [-0.3, -0.25) is 4.79 Å². The van der Waals surface area contributed by atoms with Crippen molar-refractivity contribution in [3.05, 3.63) is 29.8 Å². The summed E-state index contributed by atoms with van der Waals surface area (Å²) in [4.78, 5) is 14.1. The van der Waals surface area contributed by atoms with Gasteiger partial charge in [-0.25, -0.2) is 0 Å². The minimum absolute atomic E-state index is 0. The van der Waals surface area contributed by atoms with Crippen LogP contribution in [0.3, 0.4) is 0 Å². The molecule has 0 spiro atoms. The van der Waals surface area contributed by atoms with Gasteiger partial charge in [0.15, 0.2) is 6.61 Å². The molecule has 0 aliphatic carbocycles. The lowest BCUT2D eigenvalue weighted by Crippen LogP contribution is -2.53. The van der Waals surface area contributed by atoms with Gasteiger partial charge in [0, 0.05) is 25.7 Å². The average molecular weight is 313 g/mol. The van der Waals surface area contributed by atoms with Crippen molar-refractivity contribution in [3.8, 4) is 5.75 Å². The van der Waals surface area contributed by atoms with E-state index in [1.54, 1.807) is 0 Å². The lowest BCUT2D eigenvalue weighted by Gasteiger charge is -2.33. The van der Waals surface area contributed by atoms with E-state index in [0.717, 1.165) is 25.4 Å². The van der Waals surface area contributed by atoms with Crippen LogP contribution in [0.2, 0.25) is 0 Å². The summed E-state index contributed by atoms with van der Waals surface area (Å²) in [5, 5.41) is 3.28. The summed E-state index contributed by atoms with van der Waals surface area (Å²) in [6.45, 7) is 8.94. The number of hydrogen-bond acceptors (Lipinski definition) is 3. The topological polar surface area (TPSA) is 41.6 Å². The number of rotatable bonds is 4. The first kappa shape index (κ1) is 17.8. The Balaban J connectivity index is 0.00000220. The van der Waals surface area contributed by atoms with Crippen LogP contribution in [0.1, 0.15) is 32.3 Å². The van der Waals surface area contributed by atoms with Crippen LogP contribution in [0.15, 0.2) is 24.3 Å². The maximum atomic E-state index is 12.2. The van der Waals surface area contributed by atoms with Crippen LogP contribution in [-0.4, -0.2) is 43.1 Å². The Bertz CT molecular complexity index is 465. The molecule has 118 valence electrons. The quantitative estimate of drug-likeness (QED) is 0.928. The Morgan fingerprint density at radius 2 is 2.24 bits per heavy atom. The molecule has 1 fully saturated rings. The molecule has 0 unspecified atom stereocenters. The lowest BCUT2D eigenvalue weighted by molar-refractivity contribution is -0.136. The van der Waals surface area contributed by atoms with Crippen LogP contribution >= 0.6 is 12.4 Å². The molecule has 0 radical (unpaired) electrons. The number of halogens is 1. The summed E-state index contributed by atoms with van der Waals surface area (Å²) in [6, 6.07) is 8.21. The predicted molar refractivity (Wildman–Crippen MR) is 87.3 cm³/mol. The molecule has 1 aromatic carbocycles. The van der Waals surface area contributed by atoms with Crippen LogP contribution in [0, 0.1) is 0 Å². The molecular formula is C16H25ClN2O2. The minimum Gasteiger partial charge on any atom is -0.484 e. The van der Waals surface area contributed by atoms with Crippen LogP contribution in [-0.2, 0) is 4.79 Å². The highest BCUT2D eigenvalue weighted by Crippen LogP contribution is 2.20. The minimum atomic E-state index is 0. The highest BCUT2D eigenvalue weighted by atomic mass is 35.5. The fourth-order valence-corrected chi connectivity index (χ4v) is 2.40. The van der Waals surface area contributed by atoms with Crippen molar-refractivity contribution in [2.45, 2.75) is 32.7 Å². The number of carbonyl (C=O) groups excluding carboxylic acids is 1. The van der Waals surface area contributed by atoms with E-state index in [2.05, 4.69) is 32.2 Å². The predicted octanol–water partition coefficient (Wildman–Crippen LogP) is 2.43. The molecule has 1 saturated heterocycles. The molecule has 0 bridgehead atoms. The summed E-state index contributed by atoms with van der Waals surface area (Å²) in [7, 11) is 0. The van der Waals surface area contributed by atoms with E-state index in [4.69, 9.17) is 4.74 Å². The molecule has 1 heterocycles. The Kier molecular flexibility index (Phi) is 6.99. The number of nitrogens with zero attached hydrogens (tertiary/aromatic N) is 1. The van der Waals surface area contributed by atoms with Crippen molar-refractivity contribution >= 4 is 18.3 Å². The first-order valence-corrected chi connectivity index (χ1v) is 7.31. The van der Waals surface area contributed by atoms with Gasteiger partial charge in [0.1, 0.15) is 5.75 Å². The fraction of sp³-hybridized carbons (Fsp3) is 0.562. The smallest absolute Gasteiger partial charge is 0.260 e. The second-order valence-electron chi connectivity index (χ2n) is 5.66. The van der Waals surface area contributed by atoms with Gasteiger partial charge in [0.2, 0.25) is 0 Å². The monoisotopic (exact) mass is 312 g/mol. The van der Waals surface area contributed by atoms with Gasteiger partial charge >= 0.3 is 0 Å². The first-order valence-electron chi connectivity index (χ1n) is 7.31.